The van der Waals surface area contributed by atoms with Crippen LogP contribution in [0.5, 0.6) is 0 Å². The smallest absolute Gasteiger partial charge is 0.356 e. The minimum absolute atomic E-state index is 0.195. The molecule has 20 heavy (non-hydrogen) atoms. The summed E-state index contributed by atoms with van der Waals surface area (Å²) < 4.78 is 47.2. The predicted octanol–water partition coefficient (Wildman–Crippen LogP) is 4.03. The molecule has 0 aliphatic heterocycles. The van der Waals surface area contributed by atoms with Crippen molar-refractivity contribution in [1.82, 2.24) is 9.97 Å². The van der Waals surface area contributed by atoms with Crippen LogP contribution in [0.4, 0.5) is 13.2 Å². The topological polar surface area (TPSA) is 38.9 Å². The van der Waals surface area contributed by atoms with E-state index in [0.717, 1.165) is 6.20 Å². The molecule has 3 aromatic rings. The molecule has 0 aliphatic carbocycles. The van der Waals surface area contributed by atoms with Crippen LogP contribution in [-0.4, -0.2) is 9.97 Å². The second kappa shape index (κ2) is 4.63. The Labute approximate surface area is 112 Å². The van der Waals surface area contributed by atoms with Gasteiger partial charge in [-0.15, -0.1) is 0 Å². The molecule has 2 aromatic heterocycles. The van der Waals surface area contributed by atoms with E-state index in [9.17, 15) is 13.2 Å². The summed E-state index contributed by atoms with van der Waals surface area (Å²) in [7, 11) is 0. The van der Waals surface area contributed by atoms with Gasteiger partial charge in [-0.1, -0.05) is 18.2 Å². The Bertz CT molecular complexity index is 694. The zero-order valence-corrected chi connectivity index (χ0v) is 10.1. The van der Waals surface area contributed by atoms with Crippen molar-refractivity contribution in [3.63, 3.8) is 0 Å². The van der Waals surface area contributed by atoms with Gasteiger partial charge in [-0.25, -0.2) is 9.37 Å². The third-order valence-corrected chi connectivity index (χ3v) is 2.87. The summed E-state index contributed by atoms with van der Waals surface area (Å²) in [6.07, 6.45) is -0.126. The van der Waals surface area contributed by atoms with Crippen molar-refractivity contribution in [3.05, 3.63) is 60.2 Å². The molecule has 0 aliphatic rings. The summed E-state index contributed by atoms with van der Waals surface area (Å²) in [5.41, 5.74) is 0.237. The highest BCUT2D eigenvalue weighted by molar-refractivity contribution is 5.72. The van der Waals surface area contributed by atoms with E-state index in [1.165, 1.54) is 30.5 Å². The molecule has 0 saturated heterocycles. The van der Waals surface area contributed by atoms with Gasteiger partial charge in [0.05, 0.1) is 0 Å². The van der Waals surface area contributed by atoms with Crippen LogP contribution >= 0.6 is 0 Å². The van der Waals surface area contributed by atoms with Crippen molar-refractivity contribution in [2.75, 3.05) is 0 Å². The van der Waals surface area contributed by atoms with E-state index < -0.39 is 18.0 Å². The van der Waals surface area contributed by atoms with Gasteiger partial charge in [-0.3, -0.25) is 4.98 Å². The number of nitrogens with zero attached hydrogens (tertiary/aromatic N) is 2. The van der Waals surface area contributed by atoms with Crippen LogP contribution in [0.2, 0.25) is 0 Å². The second-order valence-corrected chi connectivity index (χ2v) is 4.26. The first kappa shape index (κ1) is 12.7. The van der Waals surface area contributed by atoms with Crippen LogP contribution in [0.25, 0.3) is 11.1 Å². The molecule has 0 saturated carbocycles. The molecule has 2 heterocycles. The molecule has 6 heteroatoms. The van der Waals surface area contributed by atoms with Gasteiger partial charge in [-0.05, 0) is 18.2 Å². The largest absolute Gasteiger partial charge is 0.435 e. The van der Waals surface area contributed by atoms with Crippen LogP contribution in [-0.2, 0) is 5.92 Å². The zero-order chi connectivity index (χ0) is 14.2. The Balaban J connectivity index is 2.02. The summed E-state index contributed by atoms with van der Waals surface area (Å²) in [6, 6.07) is 8.93. The van der Waals surface area contributed by atoms with Gasteiger partial charge in [0.25, 0.3) is 5.89 Å². The lowest BCUT2D eigenvalue weighted by molar-refractivity contribution is -0.100. The number of halogens is 3. The van der Waals surface area contributed by atoms with Crippen LogP contribution in [0, 0.1) is 0 Å². The van der Waals surface area contributed by atoms with Crippen LogP contribution in [0.15, 0.2) is 53.2 Å². The van der Waals surface area contributed by atoms with Crippen LogP contribution in [0.3, 0.4) is 0 Å². The van der Waals surface area contributed by atoms with Crippen molar-refractivity contribution >= 4 is 11.1 Å². The van der Waals surface area contributed by atoms with Crippen molar-refractivity contribution < 1.29 is 17.6 Å². The lowest BCUT2D eigenvalue weighted by Crippen LogP contribution is -2.21. The van der Waals surface area contributed by atoms with E-state index in [2.05, 4.69) is 9.97 Å². The highest BCUT2D eigenvalue weighted by Crippen LogP contribution is 2.43. The number of benzene rings is 1. The van der Waals surface area contributed by atoms with Crippen LogP contribution < -0.4 is 0 Å². The molecule has 0 fully saturated rings. The maximum Gasteiger partial charge on any atom is 0.356 e. The van der Waals surface area contributed by atoms with Crippen molar-refractivity contribution in [2.24, 2.45) is 0 Å². The van der Waals surface area contributed by atoms with Crippen molar-refractivity contribution in [2.45, 2.75) is 12.1 Å². The number of hydrogen-bond donors (Lipinski definition) is 0. The number of aromatic nitrogens is 2. The van der Waals surface area contributed by atoms with E-state index in [1.807, 2.05) is 0 Å². The summed E-state index contributed by atoms with van der Waals surface area (Å²) >= 11 is 0. The number of para-hydroxylation sites is 2. The first-order valence-corrected chi connectivity index (χ1v) is 5.87. The Hall–Kier alpha value is -2.37. The number of hydrogen-bond acceptors (Lipinski definition) is 3. The van der Waals surface area contributed by atoms with Gasteiger partial charge in [0.1, 0.15) is 5.52 Å². The molecule has 3 nitrogen and oxygen atoms in total. The van der Waals surface area contributed by atoms with E-state index in [0.29, 0.717) is 0 Å². The molecule has 0 spiro atoms. The first-order valence-electron chi connectivity index (χ1n) is 5.87. The number of pyridine rings is 1. The van der Waals surface area contributed by atoms with E-state index in [1.54, 1.807) is 12.1 Å². The van der Waals surface area contributed by atoms with Gasteiger partial charge in [0.15, 0.2) is 11.8 Å². The fraction of sp³-hybridized carbons (Fsp3) is 0.143. The Morgan fingerprint density at radius 3 is 2.60 bits per heavy atom. The lowest BCUT2D eigenvalue weighted by atomic mass is 10.1. The van der Waals surface area contributed by atoms with Gasteiger partial charge < -0.3 is 4.42 Å². The lowest BCUT2D eigenvalue weighted by Gasteiger charge is -2.17. The number of alkyl halides is 3. The average molecular weight is 278 g/mol. The second-order valence-electron chi connectivity index (χ2n) is 4.26. The third kappa shape index (κ3) is 2.03. The summed E-state index contributed by atoms with van der Waals surface area (Å²) in [5, 5.41) is 0. The van der Waals surface area contributed by atoms with Crippen LogP contribution in [0.1, 0.15) is 17.6 Å². The summed E-state index contributed by atoms with van der Waals surface area (Å²) in [4.78, 5) is 7.29. The van der Waals surface area contributed by atoms with E-state index in [4.69, 9.17) is 4.42 Å². The summed E-state index contributed by atoms with van der Waals surface area (Å²) in [5.74, 6) is -4.79. The molecule has 0 N–H and O–H groups in total. The maximum absolute atomic E-state index is 14.1. The highest BCUT2D eigenvalue weighted by atomic mass is 19.3. The highest BCUT2D eigenvalue weighted by Gasteiger charge is 2.48. The minimum atomic E-state index is -3.86. The Kier molecular flexibility index (Phi) is 2.93. The molecular weight excluding hydrogens is 269 g/mol. The molecule has 102 valence electrons. The average Bonchev–Trinajstić information content (AvgIpc) is 2.92. The Morgan fingerprint density at radius 2 is 1.90 bits per heavy atom. The van der Waals surface area contributed by atoms with Gasteiger partial charge >= 0.3 is 5.92 Å². The Morgan fingerprint density at radius 1 is 1.10 bits per heavy atom. The maximum atomic E-state index is 14.1. The fourth-order valence-corrected chi connectivity index (χ4v) is 1.86. The SMILES string of the molecule is FC(c1cccnc1)C(F)(F)c1nc2ccccc2o1. The zero-order valence-electron chi connectivity index (χ0n) is 10.1. The number of rotatable bonds is 3. The predicted molar refractivity (Wildman–Crippen MR) is 66.0 cm³/mol. The molecule has 1 unspecified atom stereocenters. The molecule has 3 rings (SSSR count). The molecule has 1 atom stereocenters. The molecule has 0 radical (unpaired) electrons. The quantitative estimate of drug-likeness (QED) is 0.726. The monoisotopic (exact) mass is 278 g/mol. The van der Waals surface area contributed by atoms with Crippen molar-refractivity contribution in [1.29, 1.82) is 0 Å². The molecule has 0 amide bonds. The normalized spacial score (nSPS) is 13.6. The minimum Gasteiger partial charge on any atom is -0.435 e. The standard InChI is InChI=1S/C14H9F3N2O/c15-12(9-4-3-7-18-8-9)14(16,17)13-19-10-5-1-2-6-11(10)20-13/h1-8,12H. The van der Waals surface area contributed by atoms with E-state index >= 15 is 0 Å². The number of fused-ring (bicyclic) bond motifs is 1. The molecule has 0 bridgehead atoms. The van der Waals surface area contributed by atoms with Gasteiger partial charge in [-0.2, -0.15) is 8.78 Å². The molecular formula is C14H9F3N2O. The third-order valence-electron chi connectivity index (χ3n) is 2.87. The van der Waals surface area contributed by atoms with Crippen molar-refractivity contribution in [3.8, 4) is 0 Å². The number of oxazole rings is 1. The first-order chi connectivity index (χ1) is 9.59. The summed E-state index contributed by atoms with van der Waals surface area (Å²) in [6.45, 7) is 0. The molecule has 1 aromatic carbocycles. The van der Waals surface area contributed by atoms with Gasteiger partial charge in [0.2, 0.25) is 0 Å². The van der Waals surface area contributed by atoms with Gasteiger partial charge in [0, 0.05) is 18.0 Å². The fourth-order valence-electron chi connectivity index (χ4n) is 1.86. The van der Waals surface area contributed by atoms with E-state index in [-0.39, 0.29) is 16.7 Å².